The van der Waals surface area contributed by atoms with E-state index in [4.69, 9.17) is 5.73 Å². The molecule has 120 valence electrons. The van der Waals surface area contributed by atoms with Crippen LogP contribution in [0.3, 0.4) is 0 Å². The van der Waals surface area contributed by atoms with Crippen molar-refractivity contribution in [2.45, 2.75) is 50.9 Å². The third kappa shape index (κ3) is 2.67. The van der Waals surface area contributed by atoms with Gasteiger partial charge in [0.2, 0.25) is 5.91 Å². The zero-order valence-corrected chi connectivity index (χ0v) is 13.7. The maximum atomic E-state index is 13.4. The van der Waals surface area contributed by atoms with Gasteiger partial charge in [-0.1, -0.05) is 43.5 Å². The summed E-state index contributed by atoms with van der Waals surface area (Å²) in [5.74, 6) is 0.846. The van der Waals surface area contributed by atoms with Crippen LogP contribution in [0.25, 0.3) is 0 Å². The zero-order valence-electron chi connectivity index (χ0n) is 13.7. The molecule has 2 N–H and O–H groups in total. The summed E-state index contributed by atoms with van der Waals surface area (Å²) in [6.07, 6.45) is 6.64. The zero-order chi connectivity index (χ0) is 15.6. The summed E-state index contributed by atoms with van der Waals surface area (Å²) in [6, 6.07) is 8.47. The van der Waals surface area contributed by atoms with Crippen LogP contribution in [0.1, 0.15) is 49.7 Å². The molecule has 1 saturated carbocycles. The largest absolute Gasteiger partial charge is 0.342 e. The second-order valence-electron chi connectivity index (χ2n) is 7.10. The number of benzene rings is 1. The Morgan fingerprint density at radius 1 is 1.27 bits per heavy atom. The van der Waals surface area contributed by atoms with Gasteiger partial charge in [-0.15, -0.1) is 0 Å². The normalized spacial score (nSPS) is 24.5. The molecule has 2 fully saturated rings. The monoisotopic (exact) mass is 300 g/mol. The molecule has 0 radical (unpaired) electrons. The number of rotatable bonds is 3. The molecule has 1 aliphatic carbocycles. The van der Waals surface area contributed by atoms with Gasteiger partial charge in [0.05, 0.1) is 5.41 Å². The van der Waals surface area contributed by atoms with Gasteiger partial charge in [-0.05, 0) is 49.8 Å². The lowest BCUT2D eigenvalue weighted by Gasteiger charge is -2.40. The van der Waals surface area contributed by atoms with Crippen molar-refractivity contribution in [1.29, 1.82) is 0 Å². The van der Waals surface area contributed by atoms with Gasteiger partial charge in [-0.25, -0.2) is 0 Å². The molecule has 0 aromatic heterocycles. The van der Waals surface area contributed by atoms with Crippen molar-refractivity contribution >= 4 is 5.91 Å². The Balaban J connectivity index is 1.93. The summed E-state index contributed by atoms with van der Waals surface area (Å²) < 4.78 is 0. The van der Waals surface area contributed by atoms with E-state index in [0.717, 1.165) is 45.2 Å². The number of carbonyl (C=O) groups is 1. The van der Waals surface area contributed by atoms with E-state index in [0.29, 0.717) is 18.4 Å². The quantitative estimate of drug-likeness (QED) is 0.932. The van der Waals surface area contributed by atoms with Crippen LogP contribution in [-0.2, 0) is 10.2 Å². The standard InChI is InChI=1S/C19H28N2O/c1-15-7-3-4-8-17(15)19(10-5-2-6-11-19)18(22)21-12-9-16(13-20)14-21/h3-4,7-8,16H,2,5-6,9-14,20H2,1H3/t16-/m1/s1. The van der Waals surface area contributed by atoms with Crippen LogP contribution >= 0.6 is 0 Å². The third-order valence-corrected chi connectivity index (χ3v) is 5.68. The fourth-order valence-electron chi connectivity index (χ4n) is 4.38. The van der Waals surface area contributed by atoms with Gasteiger partial charge in [0.25, 0.3) is 0 Å². The summed E-state index contributed by atoms with van der Waals surface area (Å²) in [5.41, 5.74) is 8.04. The number of hydrogen-bond donors (Lipinski definition) is 1. The summed E-state index contributed by atoms with van der Waals surface area (Å²) in [5, 5.41) is 0. The molecule has 0 spiro atoms. The molecular weight excluding hydrogens is 272 g/mol. The van der Waals surface area contributed by atoms with Crippen molar-refractivity contribution in [1.82, 2.24) is 4.90 Å². The summed E-state index contributed by atoms with van der Waals surface area (Å²) in [4.78, 5) is 15.5. The fraction of sp³-hybridized carbons (Fsp3) is 0.632. The second kappa shape index (κ2) is 6.41. The smallest absolute Gasteiger partial charge is 0.233 e. The van der Waals surface area contributed by atoms with E-state index in [1.54, 1.807) is 0 Å². The third-order valence-electron chi connectivity index (χ3n) is 5.68. The van der Waals surface area contributed by atoms with Crippen LogP contribution < -0.4 is 5.73 Å². The van der Waals surface area contributed by atoms with Crippen molar-refractivity contribution in [3.63, 3.8) is 0 Å². The van der Waals surface area contributed by atoms with E-state index >= 15 is 0 Å². The molecule has 3 heteroatoms. The number of hydrogen-bond acceptors (Lipinski definition) is 2. The first-order valence-electron chi connectivity index (χ1n) is 8.73. The van der Waals surface area contributed by atoms with Crippen molar-refractivity contribution in [2.75, 3.05) is 19.6 Å². The van der Waals surface area contributed by atoms with E-state index in [2.05, 4.69) is 36.1 Å². The predicted molar refractivity (Wildman–Crippen MR) is 89.7 cm³/mol. The molecule has 3 rings (SSSR count). The van der Waals surface area contributed by atoms with Gasteiger partial charge < -0.3 is 10.6 Å². The Hall–Kier alpha value is -1.35. The predicted octanol–water partition coefficient (Wildman–Crippen LogP) is 3.00. The van der Waals surface area contributed by atoms with E-state index < -0.39 is 0 Å². The van der Waals surface area contributed by atoms with Crippen molar-refractivity contribution in [3.8, 4) is 0 Å². The first kappa shape index (κ1) is 15.5. The number of carbonyl (C=O) groups excluding carboxylic acids is 1. The number of nitrogens with zero attached hydrogens (tertiary/aromatic N) is 1. The first-order valence-corrected chi connectivity index (χ1v) is 8.73. The van der Waals surface area contributed by atoms with E-state index in [1.165, 1.54) is 17.5 Å². The Labute approximate surface area is 133 Å². The van der Waals surface area contributed by atoms with Gasteiger partial charge >= 0.3 is 0 Å². The van der Waals surface area contributed by atoms with Crippen molar-refractivity contribution in [2.24, 2.45) is 11.7 Å². The van der Waals surface area contributed by atoms with Crippen LogP contribution in [0.2, 0.25) is 0 Å². The highest BCUT2D eigenvalue weighted by Crippen LogP contribution is 2.43. The van der Waals surface area contributed by atoms with E-state index in [9.17, 15) is 4.79 Å². The lowest BCUT2D eigenvalue weighted by Crippen LogP contribution is -2.47. The second-order valence-corrected chi connectivity index (χ2v) is 7.10. The molecule has 1 saturated heterocycles. The molecule has 0 bridgehead atoms. The lowest BCUT2D eigenvalue weighted by molar-refractivity contribution is -0.138. The van der Waals surface area contributed by atoms with Crippen LogP contribution in [0.5, 0.6) is 0 Å². The van der Waals surface area contributed by atoms with Gasteiger partial charge in [0, 0.05) is 13.1 Å². The molecule has 1 aromatic rings. The Bertz CT molecular complexity index is 534. The highest BCUT2D eigenvalue weighted by molar-refractivity contribution is 5.89. The van der Waals surface area contributed by atoms with Gasteiger partial charge in [0.1, 0.15) is 0 Å². The maximum absolute atomic E-state index is 13.4. The van der Waals surface area contributed by atoms with E-state index in [1.807, 2.05) is 0 Å². The molecular formula is C19H28N2O. The highest BCUT2D eigenvalue weighted by atomic mass is 16.2. The Morgan fingerprint density at radius 3 is 2.64 bits per heavy atom. The first-order chi connectivity index (χ1) is 10.7. The summed E-state index contributed by atoms with van der Waals surface area (Å²) in [7, 11) is 0. The number of likely N-dealkylation sites (tertiary alicyclic amines) is 1. The topological polar surface area (TPSA) is 46.3 Å². The summed E-state index contributed by atoms with van der Waals surface area (Å²) in [6.45, 7) is 4.57. The van der Waals surface area contributed by atoms with Crippen LogP contribution in [0, 0.1) is 12.8 Å². The van der Waals surface area contributed by atoms with Crippen molar-refractivity contribution < 1.29 is 4.79 Å². The minimum Gasteiger partial charge on any atom is -0.342 e. The summed E-state index contributed by atoms with van der Waals surface area (Å²) >= 11 is 0. The molecule has 1 heterocycles. The molecule has 0 unspecified atom stereocenters. The number of nitrogens with two attached hydrogens (primary N) is 1. The van der Waals surface area contributed by atoms with Gasteiger partial charge in [0.15, 0.2) is 0 Å². The molecule has 1 aliphatic heterocycles. The van der Waals surface area contributed by atoms with E-state index in [-0.39, 0.29) is 5.41 Å². The van der Waals surface area contributed by atoms with Gasteiger partial charge in [-0.3, -0.25) is 4.79 Å². The van der Waals surface area contributed by atoms with Gasteiger partial charge in [-0.2, -0.15) is 0 Å². The highest BCUT2D eigenvalue weighted by Gasteiger charge is 2.45. The van der Waals surface area contributed by atoms with Crippen LogP contribution in [0.15, 0.2) is 24.3 Å². The average Bonchev–Trinajstić information content (AvgIpc) is 3.04. The SMILES string of the molecule is Cc1ccccc1C1(C(=O)N2CC[C@H](CN)C2)CCCCC1. The molecule has 1 amide bonds. The Kier molecular flexibility index (Phi) is 4.53. The molecule has 1 aromatic carbocycles. The van der Waals surface area contributed by atoms with Crippen molar-refractivity contribution in [3.05, 3.63) is 35.4 Å². The minimum atomic E-state index is -0.285. The maximum Gasteiger partial charge on any atom is 0.233 e. The average molecular weight is 300 g/mol. The van der Waals surface area contributed by atoms with Crippen LogP contribution in [-0.4, -0.2) is 30.4 Å². The number of amides is 1. The molecule has 22 heavy (non-hydrogen) atoms. The minimum absolute atomic E-state index is 0.285. The lowest BCUT2D eigenvalue weighted by atomic mass is 9.67. The fourth-order valence-corrected chi connectivity index (χ4v) is 4.38. The molecule has 3 nitrogen and oxygen atoms in total. The molecule has 2 aliphatic rings. The number of aryl methyl sites for hydroxylation is 1. The molecule has 1 atom stereocenters. The Morgan fingerprint density at radius 2 is 2.00 bits per heavy atom. The van der Waals surface area contributed by atoms with Crippen LogP contribution in [0.4, 0.5) is 0 Å².